The van der Waals surface area contributed by atoms with Crippen molar-refractivity contribution in [3.63, 3.8) is 0 Å². The van der Waals surface area contributed by atoms with Gasteiger partial charge in [-0.15, -0.1) is 0 Å². The number of ether oxygens (including phenoxy) is 1. The molecule has 1 nitrogen and oxygen atoms in total. The molecule has 4 rings (SSSR count). The standard InChI is InChI=1S/C15H24O/c1-9-5-6-10-13(2,3)11-7-15(9,10)8-12-14(11,4)16-12/h9-12H,5-8H2,1-4H3/t9-,10+,11?,12?,14?,15+/m1/s1. The quantitative estimate of drug-likeness (QED) is 0.568. The maximum atomic E-state index is 6.09. The molecule has 0 aromatic rings. The molecule has 3 saturated carbocycles. The van der Waals surface area contributed by atoms with Crippen LogP contribution in [0.4, 0.5) is 0 Å². The van der Waals surface area contributed by atoms with E-state index in [-0.39, 0.29) is 5.60 Å². The minimum absolute atomic E-state index is 0.263. The molecule has 2 bridgehead atoms. The summed E-state index contributed by atoms with van der Waals surface area (Å²) in [5, 5.41) is 0. The van der Waals surface area contributed by atoms with Crippen LogP contribution in [0.5, 0.6) is 0 Å². The van der Waals surface area contributed by atoms with E-state index in [4.69, 9.17) is 4.74 Å². The summed E-state index contributed by atoms with van der Waals surface area (Å²) in [6, 6.07) is 0. The summed E-state index contributed by atoms with van der Waals surface area (Å²) in [6.07, 6.45) is 6.38. The van der Waals surface area contributed by atoms with E-state index in [1.165, 1.54) is 25.7 Å². The van der Waals surface area contributed by atoms with Gasteiger partial charge in [-0.1, -0.05) is 20.8 Å². The highest BCUT2D eigenvalue weighted by atomic mass is 16.6. The highest BCUT2D eigenvalue weighted by Gasteiger charge is 2.76. The number of fused-ring (bicyclic) bond motifs is 3. The van der Waals surface area contributed by atoms with E-state index >= 15 is 0 Å². The zero-order chi connectivity index (χ0) is 11.3. The van der Waals surface area contributed by atoms with Crippen molar-refractivity contribution in [2.75, 3.05) is 0 Å². The first-order chi connectivity index (χ1) is 7.41. The molecule has 0 aromatic heterocycles. The number of hydrogen-bond acceptors (Lipinski definition) is 1. The van der Waals surface area contributed by atoms with Gasteiger partial charge in [0.05, 0.1) is 11.7 Å². The molecule has 0 aromatic carbocycles. The third-order valence-electron chi connectivity index (χ3n) is 7.18. The lowest BCUT2D eigenvalue weighted by Gasteiger charge is -2.37. The third-order valence-corrected chi connectivity index (χ3v) is 7.18. The summed E-state index contributed by atoms with van der Waals surface area (Å²) < 4.78 is 6.09. The van der Waals surface area contributed by atoms with E-state index < -0.39 is 0 Å². The van der Waals surface area contributed by atoms with Crippen LogP contribution in [0.2, 0.25) is 0 Å². The second kappa shape index (κ2) is 2.39. The zero-order valence-corrected chi connectivity index (χ0v) is 11.0. The van der Waals surface area contributed by atoms with Crippen LogP contribution in [0.15, 0.2) is 0 Å². The molecule has 1 heterocycles. The van der Waals surface area contributed by atoms with Crippen molar-refractivity contribution < 1.29 is 4.74 Å². The topological polar surface area (TPSA) is 12.5 Å². The molecule has 3 aliphatic carbocycles. The van der Waals surface area contributed by atoms with Crippen LogP contribution in [-0.4, -0.2) is 11.7 Å². The maximum absolute atomic E-state index is 6.09. The summed E-state index contributed by atoms with van der Waals surface area (Å²) in [6.45, 7) is 9.93. The Morgan fingerprint density at radius 1 is 1.00 bits per heavy atom. The summed E-state index contributed by atoms with van der Waals surface area (Å²) in [7, 11) is 0. The van der Waals surface area contributed by atoms with Gasteiger partial charge in [-0.3, -0.25) is 0 Å². The fraction of sp³-hybridized carbons (Fsp3) is 1.00. The van der Waals surface area contributed by atoms with Gasteiger partial charge in [0.25, 0.3) is 0 Å². The Bertz CT molecular complexity index is 356. The molecule has 1 spiro atoms. The molecule has 3 unspecified atom stereocenters. The molecule has 90 valence electrons. The molecule has 16 heavy (non-hydrogen) atoms. The summed E-state index contributed by atoms with van der Waals surface area (Å²) >= 11 is 0. The molecular weight excluding hydrogens is 196 g/mol. The molecule has 4 aliphatic rings. The molecule has 0 amide bonds. The van der Waals surface area contributed by atoms with Crippen molar-refractivity contribution >= 4 is 0 Å². The summed E-state index contributed by atoms with van der Waals surface area (Å²) in [5.41, 5.74) is 1.44. The van der Waals surface area contributed by atoms with Gasteiger partial charge in [-0.2, -0.15) is 0 Å². The predicted octanol–water partition coefficient (Wildman–Crippen LogP) is 3.63. The average molecular weight is 220 g/mol. The molecule has 1 saturated heterocycles. The Kier molecular flexibility index (Phi) is 1.48. The second-order valence-electron chi connectivity index (χ2n) is 7.84. The minimum atomic E-state index is 0.263. The van der Waals surface area contributed by atoms with Gasteiger partial charge < -0.3 is 4.74 Å². The van der Waals surface area contributed by atoms with E-state index in [1.54, 1.807) is 0 Å². The van der Waals surface area contributed by atoms with Crippen LogP contribution in [0, 0.1) is 28.6 Å². The Balaban J connectivity index is 1.85. The minimum Gasteiger partial charge on any atom is -0.366 e. The fourth-order valence-electron chi connectivity index (χ4n) is 6.21. The van der Waals surface area contributed by atoms with Gasteiger partial charge in [-0.05, 0) is 61.2 Å². The van der Waals surface area contributed by atoms with Crippen LogP contribution in [0.1, 0.15) is 53.4 Å². The van der Waals surface area contributed by atoms with Gasteiger partial charge in [0.2, 0.25) is 0 Å². The predicted molar refractivity (Wildman–Crippen MR) is 64.1 cm³/mol. The Hall–Kier alpha value is -0.0400. The first kappa shape index (κ1) is 9.94. The molecule has 1 aliphatic heterocycles. The van der Waals surface area contributed by atoms with E-state index in [0.717, 1.165) is 17.8 Å². The normalized spacial score (nSPS) is 65.2. The lowest BCUT2D eigenvalue weighted by atomic mass is 9.66. The van der Waals surface area contributed by atoms with Crippen LogP contribution >= 0.6 is 0 Å². The smallest absolute Gasteiger partial charge is 0.0954 e. The van der Waals surface area contributed by atoms with Crippen molar-refractivity contribution in [3.8, 4) is 0 Å². The molecule has 0 N–H and O–H groups in total. The molecule has 0 radical (unpaired) electrons. The largest absolute Gasteiger partial charge is 0.366 e. The first-order valence-corrected chi connectivity index (χ1v) is 7.09. The number of rotatable bonds is 0. The lowest BCUT2D eigenvalue weighted by Crippen LogP contribution is -2.36. The third kappa shape index (κ3) is 0.805. The molecular formula is C15H24O. The van der Waals surface area contributed by atoms with E-state index in [1.807, 2.05) is 0 Å². The first-order valence-electron chi connectivity index (χ1n) is 7.09. The fourth-order valence-corrected chi connectivity index (χ4v) is 6.21. The highest BCUT2D eigenvalue weighted by molar-refractivity contribution is 5.24. The summed E-state index contributed by atoms with van der Waals surface area (Å²) in [5.74, 6) is 2.75. The van der Waals surface area contributed by atoms with Crippen LogP contribution < -0.4 is 0 Å². The van der Waals surface area contributed by atoms with Crippen LogP contribution in [0.3, 0.4) is 0 Å². The monoisotopic (exact) mass is 220 g/mol. The Morgan fingerprint density at radius 2 is 1.75 bits per heavy atom. The van der Waals surface area contributed by atoms with Crippen molar-refractivity contribution in [1.82, 2.24) is 0 Å². The van der Waals surface area contributed by atoms with Crippen LogP contribution in [0.25, 0.3) is 0 Å². The van der Waals surface area contributed by atoms with E-state index in [2.05, 4.69) is 27.7 Å². The summed E-state index contributed by atoms with van der Waals surface area (Å²) in [4.78, 5) is 0. The van der Waals surface area contributed by atoms with Crippen molar-refractivity contribution in [1.29, 1.82) is 0 Å². The Morgan fingerprint density at radius 3 is 2.50 bits per heavy atom. The highest BCUT2D eigenvalue weighted by Crippen LogP contribution is 2.77. The van der Waals surface area contributed by atoms with Gasteiger partial charge in [0.15, 0.2) is 0 Å². The van der Waals surface area contributed by atoms with Crippen molar-refractivity contribution in [3.05, 3.63) is 0 Å². The van der Waals surface area contributed by atoms with E-state index in [9.17, 15) is 0 Å². The van der Waals surface area contributed by atoms with Crippen molar-refractivity contribution in [2.24, 2.45) is 28.6 Å². The van der Waals surface area contributed by atoms with Gasteiger partial charge in [-0.25, -0.2) is 0 Å². The molecule has 1 heteroatoms. The Labute approximate surface area is 98.9 Å². The molecule has 6 atom stereocenters. The van der Waals surface area contributed by atoms with Gasteiger partial charge >= 0.3 is 0 Å². The number of epoxide rings is 1. The van der Waals surface area contributed by atoms with Crippen LogP contribution in [-0.2, 0) is 4.74 Å². The average Bonchev–Trinajstić information content (AvgIpc) is 2.67. The van der Waals surface area contributed by atoms with Crippen molar-refractivity contribution in [2.45, 2.75) is 65.1 Å². The lowest BCUT2D eigenvalue weighted by molar-refractivity contribution is 0.0866. The maximum Gasteiger partial charge on any atom is 0.0954 e. The van der Waals surface area contributed by atoms with Gasteiger partial charge in [0, 0.05) is 0 Å². The number of hydrogen-bond donors (Lipinski definition) is 0. The zero-order valence-electron chi connectivity index (χ0n) is 11.0. The molecule has 4 fully saturated rings. The van der Waals surface area contributed by atoms with E-state index in [0.29, 0.717) is 16.9 Å². The van der Waals surface area contributed by atoms with Gasteiger partial charge in [0.1, 0.15) is 0 Å². The SMILES string of the molecule is C[C@@H]1CC[C@H]2C(C)(C)C3C[C@]12CC1OC13C. The second-order valence-corrected chi connectivity index (χ2v) is 7.84.